The van der Waals surface area contributed by atoms with Gasteiger partial charge < -0.3 is 4.90 Å². The van der Waals surface area contributed by atoms with Gasteiger partial charge in [0.2, 0.25) is 5.91 Å². The van der Waals surface area contributed by atoms with Crippen molar-refractivity contribution in [2.24, 2.45) is 5.41 Å². The van der Waals surface area contributed by atoms with Gasteiger partial charge in [0.25, 0.3) is 0 Å². The van der Waals surface area contributed by atoms with Gasteiger partial charge in [0.05, 0.1) is 6.07 Å². The summed E-state index contributed by atoms with van der Waals surface area (Å²) in [6.07, 6.45) is 4.49. The van der Waals surface area contributed by atoms with Crippen molar-refractivity contribution in [1.29, 1.82) is 5.26 Å². The van der Waals surface area contributed by atoms with Crippen LogP contribution in [0.25, 0.3) is 0 Å². The van der Waals surface area contributed by atoms with Gasteiger partial charge in [0.15, 0.2) is 0 Å². The molecular formula is C16H19BrN2O. The predicted octanol–water partition coefficient (Wildman–Crippen LogP) is 3.88. The molecule has 2 rings (SSSR count). The Morgan fingerprint density at radius 3 is 2.45 bits per heavy atom. The summed E-state index contributed by atoms with van der Waals surface area (Å²) in [6, 6.07) is 10.2. The SMILES string of the molecule is CN(Cc1ccc(Br)cc1)C(=O)C1(C#N)CCCCC1. The summed E-state index contributed by atoms with van der Waals surface area (Å²) >= 11 is 3.40. The van der Waals surface area contributed by atoms with E-state index in [0.717, 1.165) is 29.3 Å². The van der Waals surface area contributed by atoms with Crippen LogP contribution in [0.2, 0.25) is 0 Å². The molecule has 0 spiro atoms. The van der Waals surface area contributed by atoms with E-state index in [1.165, 1.54) is 0 Å². The maximum absolute atomic E-state index is 12.6. The maximum Gasteiger partial charge on any atom is 0.243 e. The van der Waals surface area contributed by atoms with Crippen LogP contribution in [0.4, 0.5) is 0 Å². The van der Waals surface area contributed by atoms with Crippen LogP contribution < -0.4 is 0 Å². The number of carbonyl (C=O) groups excluding carboxylic acids is 1. The van der Waals surface area contributed by atoms with E-state index in [1.54, 1.807) is 11.9 Å². The van der Waals surface area contributed by atoms with Gasteiger partial charge in [-0.15, -0.1) is 0 Å². The molecular weight excluding hydrogens is 316 g/mol. The fraction of sp³-hybridized carbons (Fsp3) is 0.500. The summed E-state index contributed by atoms with van der Waals surface area (Å²) in [6.45, 7) is 0.551. The number of halogens is 1. The average molecular weight is 335 g/mol. The van der Waals surface area contributed by atoms with Gasteiger partial charge in [0, 0.05) is 18.1 Å². The van der Waals surface area contributed by atoms with E-state index >= 15 is 0 Å². The summed E-state index contributed by atoms with van der Waals surface area (Å²) in [5, 5.41) is 9.46. The van der Waals surface area contributed by atoms with Crippen molar-refractivity contribution in [2.75, 3.05) is 7.05 Å². The van der Waals surface area contributed by atoms with E-state index in [1.807, 2.05) is 24.3 Å². The van der Waals surface area contributed by atoms with Crippen LogP contribution in [-0.4, -0.2) is 17.9 Å². The lowest BCUT2D eigenvalue weighted by Gasteiger charge is -2.33. The predicted molar refractivity (Wildman–Crippen MR) is 81.7 cm³/mol. The van der Waals surface area contributed by atoms with Crippen molar-refractivity contribution >= 4 is 21.8 Å². The third kappa shape index (κ3) is 3.21. The Morgan fingerprint density at radius 1 is 1.30 bits per heavy atom. The van der Waals surface area contributed by atoms with E-state index < -0.39 is 5.41 Å². The highest BCUT2D eigenvalue weighted by atomic mass is 79.9. The van der Waals surface area contributed by atoms with Crippen LogP contribution in [0.3, 0.4) is 0 Å². The minimum absolute atomic E-state index is 0.0254. The van der Waals surface area contributed by atoms with E-state index in [9.17, 15) is 10.1 Å². The first kappa shape index (κ1) is 15.1. The first-order chi connectivity index (χ1) is 9.57. The number of rotatable bonds is 3. The lowest BCUT2D eigenvalue weighted by Crippen LogP contribution is -2.42. The Bertz CT molecular complexity index is 512. The van der Waals surface area contributed by atoms with Crippen LogP contribution >= 0.6 is 15.9 Å². The van der Waals surface area contributed by atoms with Crippen molar-refractivity contribution in [3.8, 4) is 6.07 Å². The second-order valence-corrected chi connectivity index (χ2v) is 6.46. The Balaban J connectivity index is 2.07. The summed E-state index contributed by atoms with van der Waals surface area (Å²) in [4.78, 5) is 14.3. The summed E-state index contributed by atoms with van der Waals surface area (Å²) in [7, 11) is 1.79. The highest BCUT2D eigenvalue weighted by Crippen LogP contribution is 2.37. The van der Waals surface area contributed by atoms with E-state index in [-0.39, 0.29) is 5.91 Å². The zero-order chi connectivity index (χ0) is 14.6. The summed E-state index contributed by atoms with van der Waals surface area (Å²) < 4.78 is 1.02. The van der Waals surface area contributed by atoms with Crippen molar-refractivity contribution in [2.45, 2.75) is 38.6 Å². The molecule has 4 heteroatoms. The van der Waals surface area contributed by atoms with Gasteiger partial charge >= 0.3 is 0 Å². The number of carbonyl (C=O) groups is 1. The first-order valence-electron chi connectivity index (χ1n) is 6.99. The van der Waals surface area contributed by atoms with Crippen LogP contribution in [-0.2, 0) is 11.3 Å². The number of hydrogen-bond acceptors (Lipinski definition) is 2. The largest absolute Gasteiger partial charge is 0.340 e. The summed E-state index contributed by atoms with van der Waals surface area (Å²) in [5.41, 5.74) is 0.287. The molecule has 0 radical (unpaired) electrons. The highest BCUT2D eigenvalue weighted by Gasteiger charge is 2.41. The second-order valence-electron chi connectivity index (χ2n) is 5.54. The first-order valence-corrected chi connectivity index (χ1v) is 7.78. The third-order valence-corrected chi connectivity index (χ3v) is 4.54. The minimum atomic E-state index is -0.789. The van der Waals surface area contributed by atoms with Gasteiger partial charge in [-0.25, -0.2) is 0 Å². The molecule has 1 saturated carbocycles. The van der Waals surface area contributed by atoms with Crippen molar-refractivity contribution in [3.05, 3.63) is 34.3 Å². The molecule has 1 aliphatic carbocycles. The number of nitrogens with zero attached hydrogens (tertiary/aromatic N) is 2. The van der Waals surface area contributed by atoms with Gasteiger partial charge in [-0.05, 0) is 30.5 Å². The molecule has 106 valence electrons. The van der Waals surface area contributed by atoms with Gasteiger partial charge in [0.1, 0.15) is 5.41 Å². The van der Waals surface area contributed by atoms with E-state index in [0.29, 0.717) is 19.4 Å². The average Bonchev–Trinajstić information content (AvgIpc) is 2.49. The van der Waals surface area contributed by atoms with Crippen molar-refractivity contribution in [1.82, 2.24) is 4.90 Å². The van der Waals surface area contributed by atoms with Gasteiger partial charge in [-0.2, -0.15) is 5.26 Å². The molecule has 0 N–H and O–H groups in total. The zero-order valence-electron chi connectivity index (χ0n) is 11.7. The molecule has 1 fully saturated rings. The topological polar surface area (TPSA) is 44.1 Å². The molecule has 20 heavy (non-hydrogen) atoms. The van der Waals surface area contributed by atoms with Crippen LogP contribution in [0.5, 0.6) is 0 Å². The number of amides is 1. The van der Waals surface area contributed by atoms with Gasteiger partial charge in [-0.3, -0.25) is 4.79 Å². The smallest absolute Gasteiger partial charge is 0.243 e. The fourth-order valence-electron chi connectivity index (χ4n) is 2.83. The Morgan fingerprint density at radius 2 is 1.90 bits per heavy atom. The van der Waals surface area contributed by atoms with Crippen LogP contribution in [0.1, 0.15) is 37.7 Å². The number of hydrogen-bond donors (Lipinski definition) is 0. The molecule has 1 aromatic rings. The number of nitriles is 1. The van der Waals surface area contributed by atoms with E-state index in [2.05, 4.69) is 22.0 Å². The van der Waals surface area contributed by atoms with Crippen LogP contribution in [0, 0.1) is 16.7 Å². The van der Waals surface area contributed by atoms with Crippen LogP contribution in [0.15, 0.2) is 28.7 Å². The third-order valence-electron chi connectivity index (χ3n) is 4.01. The van der Waals surface area contributed by atoms with Crippen molar-refractivity contribution in [3.63, 3.8) is 0 Å². The molecule has 0 bridgehead atoms. The lowest BCUT2D eigenvalue weighted by atomic mass is 9.74. The normalized spacial score (nSPS) is 17.2. The molecule has 1 aliphatic rings. The number of benzene rings is 1. The zero-order valence-corrected chi connectivity index (χ0v) is 13.3. The molecule has 0 heterocycles. The monoisotopic (exact) mass is 334 g/mol. The minimum Gasteiger partial charge on any atom is -0.340 e. The standard InChI is InChI=1S/C16H19BrN2O/c1-19(11-13-5-7-14(17)8-6-13)15(20)16(12-18)9-3-2-4-10-16/h5-8H,2-4,9-11H2,1H3. The molecule has 1 amide bonds. The quantitative estimate of drug-likeness (QED) is 0.841. The summed E-state index contributed by atoms with van der Waals surface area (Å²) in [5.74, 6) is -0.0254. The molecule has 1 aromatic carbocycles. The van der Waals surface area contributed by atoms with E-state index in [4.69, 9.17) is 0 Å². The lowest BCUT2D eigenvalue weighted by molar-refractivity contribution is -0.139. The Kier molecular flexibility index (Phi) is 4.82. The highest BCUT2D eigenvalue weighted by molar-refractivity contribution is 9.10. The maximum atomic E-state index is 12.6. The fourth-order valence-corrected chi connectivity index (χ4v) is 3.09. The molecule has 0 atom stereocenters. The molecule has 0 aliphatic heterocycles. The molecule has 0 saturated heterocycles. The van der Waals surface area contributed by atoms with Crippen molar-refractivity contribution < 1.29 is 4.79 Å². The van der Waals surface area contributed by atoms with Gasteiger partial charge in [-0.1, -0.05) is 47.3 Å². The molecule has 0 aromatic heterocycles. The Hall–Kier alpha value is -1.34. The molecule has 0 unspecified atom stereocenters. The Labute approximate surface area is 128 Å². The molecule has 3 nitrogen and oxygen atoms in total. The second kappa shape index (κ2) is 6.41.